The number of hydrogen-bond donors (Lipinski definition) is 0. The first-order valence-electron chi connectivity index (χ1n) is 6.92. The van der Waals surface area contributed by atoms with Crippen LogP contribution in [-0.2, 0) is 11.3 Å². The number of fused-ring (bicyclic) bond motifs is 3. The maximum atomic E-state index is 11.6. The number of pyridine rings is 1. The molecule has 0 amide bonds. The number of aromatic nitrogens is 3. The largest absolute Gasteiger partial charge is 0.465 e. The smallest absolute Gasteiger partial charge is 0.337 e. The van der Waals surface area contributed by atoms with E-state index in [0.29, 0.717) is 5.56 Å². The molecule has 0 N–H and O–H groups in total. The van der Waals surface area contributed by atoms with E-state index in [1.54, 1.807) is 23.9 Å². The summed E-state index contributed by atoms with van der Waals surface area (Å²) in [5, 5.41) is 1.25. The molecule has 4 rings (SSSR count). The van der Waals surface area contributed by atoms with Crippen molar-refractivity contribution in [1.29, 1.82) is 0 Å². The SMILES string of the molecule is COC(=O)c1ccc2c(c1)nc1n2CC(c2ccccn2)S1. The predicted molar refractivity (Wildman–Crippen MR) is 83.9 cm³/mol. The minimum absolute atomic E-state index is 0.286. The van der Waals surface area contributed by atoms with Crippen molar-refractivity contribution in [3.8, 4) is 0 Å². The zero-order chi connectivity index (χ0) is 15.1. The quantitative estimate of drug-likeness (QED) is 0.681. The normalized spacial score (nSPS) is 16.7. The number of imidazole rings is 1. The Hall–Kier alpha value is -2.34. The molecule has 6 heteroatoms. The second-order valence-electron chi connectivity index (χ2n) is 5.06. The average Bonchev–Trinajstić information content (AvgIpc) is 3.12. The van der Waals surface area contributed by atoms with E-state index >= 15 is 0 Å². The van der Waals surface area contributed by atoms with Crippen molar-refractivity contribution in [2.75, 3.05) is 7.11 Å². The lowest BCUT2D eigenvalue weighted by atomic mass is 10.2. The Morgan fingerprint density at radius 1 is 1.36 bits per heavy atom. The Morgan fingerprint density at radius 2 is 2.27 bits per heavy atom. The van der Waals surface area contributed by atoms with Crippen molar-refractivity contribution in [1.82, 2.24) is 14.5 Å². The first-order valence-corrected chi connectivity index (χ1v) is 7.80. The molecule has 0 aliphatic carbocycles. The lowest BCUT2D eigenvalue weighted by molar-refractivity contribution is 0.0601. The molecule has 0 saturated carbocycles. The summed E-state index contributed by atoms with van der Waals surface area (Å²) in [5.74, 6) is -0.339. The highest BCUT2D eigenvalue weighted by atomic mass is 32.2. The summed E-state index contributed by atoms with van der Waals surface area (Å²) < 4.78 is 6.93. The van der Waals surface area contributed by atoms with Gasteiger partial charge in [0.15, 0.2) is 5.16 Å². The Balaban J connectivity index is 1.70. The summed E-state index contributed by atoms with van der Waals surface area (Å²) in [6, 6.07) is 11.5. The van der Waals surface area contributed by atoms with Gasteiger partial charge in [0.2, 0.25) is 0 Å². The zero-order valence-corrected chi connectivity index (χ0v) is 12.7. The summed E-state index contributed by atoms with van der Waals surface area (Å²) in [6.45, 7) is 0.838. The molecule has 2 aromatic heterocycles. The molecule has 1 aromatic carbocycles. The Morgan fingerprint density at radius 3 is 3.05 bits per heavy atom. The highest BCUT2D eigenvalue weighted by Gasteiger charge is 2.28. The van der Waals surface area contributed by atoms with E-state index in [1.807, 2.05) is 30.5 Å². The van der Waals surface area contributed by atoms with Gasteiger partial charge in [0, 0.05) is 12.7 Å². The van der Waals surface area contributed by atoms with Crippen LogP contribution >= 0.6 is 11.8 Å². The monoisotopic (exact) mass is 311 g/mol. The Kier molecular flexibility index (Phi) is 3.11. The second-order valence-corrected chi connectivity index (χ2v) is 6.23. The van der Waals surface area contributed by atoms with Crippen LogP contribution in [0.2, 0.25) is 0 Å². The van der Waals surface area contributed by atoms with E-state index in [1.165, 1.54) is 7.11 Å². The van der Waals surface area contributed by atoms with Gasteiger partial charge in [0.25, 0.3) is 0 Å². The van der Waals surface area contributed by atoms with Crippen LogP contribution in [0.15, 0.2) is 47.8 Å². The molecule has 22 heavy (non-hydrogen) atoms. The van der Waals surface area contributed by atoms with Crippen molar-refractivity contribution >= 4 is 28.8 Å². The standard InChI is InChI=1S/C16H13N3O2S/c1-21-15(20)10-5-6-13-12(8-10)18-16-19(13)9-14(22-16)11-4-2-3-7-17-11/h2-8,14H,9H2,1H3. The summed E-state index contributed by atoms with van der Waals surface area (Å²) in [7, 11) is 1.38. The van der Waals surface area contributed by atoms with Gasteiger partial charge in [-0.05, 0) is 30.3 Å². The summed E-state index contributed by atoms with van der Waals surface area (Å²) in [6.07, 6.45) is 1.82. The molecule has 0 bridgehead atoms. The number of esters is 1. The number of nitrogens with zero attached hydrogens (tertiary/aromatic N) is 3. The van der Waals surface area contributed by atoms with Crippen LogP contribution in [-0.4, -0.2) is 27.6 Å². The summed E-state index contributed by atoms with van der Waals surface area (Å²) >= 11 is 1.71. The summed E-state index contributed by atoms with van der Waals surface area (Å²) in [4.78, 5) is 20.7. The van der Waals surface area contributed by atoms with Gasteiger partial charge in [-0.2, -0.15) is 0 Å². The van der Waals surface area contributed by atoms with E-state index < -0.39 is 0 Å². The van der Waals surface area contributed by atoms with Crippen LogP contribution in [0.1, 0.15) is 21.3 Å². The lowest BCUT2D eigenvalue weighted by Gasteiger charge is -2.07. The van der Waals surface area contributed by atoms with E-state index in [0.717, 1.165) is 28.4 Å². The van der Waals surface area contributed by atoms with Crippen molar-refractivity contribution in [2.24, 2.45) is 0 Å². The minimum Gasteiger partial charge on any atom is -0.465 e. The van der Waals surface area contributed by atoms with Crippen molar-refractivity contribution in [3.05, 3.63) is 53.9 Å². The zero-order valence-electron chi connectivity index (χ0n) is 11.9. The second kappa shape index (κ2) is 5.14. The van der Waals surface area contributed by atoms with Gasteiger partial charge in [0.05, 0.1) is 34.7 Å². The number of carbonyl (C=O) groups excluding carboxylic acids is 1. The van der Waals surface area contributed by atoms with Gasteiger partial charge in [0.1, 0.15) is 0 Å². The molecule has 1 unspecified atom stereocenters. The molecule has 1 atom stereocenters. The highest BCUT2D eigenvalue weighted by Crippen LogP contribution is 2.43. The third-order valence-corrected chi connectivity index (χ3v) is 4.95. The average molecular weight is 311 g/mol. The number of rotatable bonds is 2. The highest BCUT2D eigenvalue weighted by molar-refractivity contribution is 7.99. The Bertz CT molecular complexity index is 860. The van der Waals surface area contributed by atoms with Gasteiger partial charge in [-0.1, -0.05) is 17.8 Å². The number of ether oxygens (including phenoxy) is 1. The van der Waals surface area contributed by atoms with Crippen LogP contribution in [0.3, 0.4) is 0 Å². The summed E-state index contributed by atoms with van der Waals surface area (Å²) in [5.41, 5.74) is 3.45. The van der Waals surface area contributed by atoms with Crippen LogP contribution < -0.4 is 0 Å². The molecular formula is C16H13N3O2S. The number of benzene rings is 1. The van der Waals surface area contributed by atoms with E-state index in [2.05, 4.69) is 14.5 Å². The molecule has 3 heterocycles. The number of thioether (sulfide) groups is 1. The van der Waals surface area contributed by atoms with Crippen LogP contribution in [0.4, 0.5) is 0 Å². The molecular weight excluding hydrogens is 298 g/mol. The first-order chi connectivity index (χ1) is 10.8. The molecule has 5 nitrogen and oxygen atoms in total. The minimum atomic E-state index is -0.339. The molecule has 3 aromatic rings. The van der Waals surface area contributed by atoms with Crippen molar-refractivity contribution in [2.45, 2.75) is 17.0 Å². The maximum absolute atomic E-state index is 11.6. The molecule has 1 aliphatic heterocycles. The molecule has 0 fully saturated rings. The van der Waals surface area contributed by atoms with Gasteiger partial charge in [-0.3, -0.25) is 4.98 Å². The van der Waals surface area contributed by atoms with Crippen LogP contribution in [0, 0.1) is 0 Å². The third-order valence-electron chi connectivity index (χ3n) is 3.75. The fraction of sp³-hybridized carbons (Fsp3) is 0.188. The van der Waals surface area contributed by atoms with Crippen LogP contribution in [0.25, 0.3) is 11.0 Å². The molecule has 110 valence electrons. The number of carbonyl (C=O) groups is 1. The Labute approximate surface area is 131 Å². The van der Waals surface area contributed by atoms with E-state index in [4.69, 9.17) is 4.74 Å². The van der Waals surface area contributed by atoms with Crippen molar-refractivity contribution in [3.63, 3.8) is 0 Å². The molecule has 0 saturated heterocycles. The molecule has 1 aliphatic rings. The fourth-order valence-corrected chi connectivity index (χ4v) is 3.86. The number of methoxy groups -OCH3 is 1. The topological polar surface area (TPSA) is 57.0 Å². The van der Waals surface area contributed by atoms with E-state index in [9.17, 15) is 4.79 Å². The third kappa shape index (κ3) is 2.07. The van der Waals surface area contributed by atoms with E-state index in [-0.39, 0.29) is 11.2 Å². The van der Waals surface area contributed by atoms with Crippen molar-refractivity contribution < 1.29 is 9.53 Å². The first kappa shape index (κ1) is 13.3. The lowest BCUT2D eigenvalue weighted by Crippen LogP contribution is -2.02. The van der Waals surface area contributed by atoms with Gasteiger partial charge < -0.3 is 9.30 Å². The van der Waals surface area contributed by atoms with Gasteiger partial charge >= 0.3 is 5.97 Å². The fourth-order valence-electron chi connectivity index (χ4n) is 2.67. The maximum Gasteiger partial charge on any atom is 0.337 e. The van der Waals surface area contributed by atoms with Gasteiger partial charge in [-0.25, -0.2) is 9.78 Å². The number of hydrogen-bond acceptors (Lipinski definition) is 5. The van der Waals surface area contributed by atoms with Gasteiger partial charge in [-0.15, -0.1) is 0 Å². The molecule has 0 spiro atoms. The predicted octanol–water partition coefficient (Wildman–Crippen LogP) is 3.06. The van der Waals surface area contributed by atoms with Crippen LogP contribution in [0.5, 0.6) is 0 Å². The molecule has 0 radical (unpaired) electrons.